The predicted molar refractivity (Wildman–Crippen MR) is 88.9 cm³/mol. The lowest BCUT2D eigenvalue weighted by Gasteiger charge is -2.03. The Bertz CT molecular complexity index is 743. The summed E-state index contributed by atoms with van der Waals surface area (Å²) in [6, 6.07) is 3.47. The summed E-state index contributed by atoms with van der Waals surface area (Å²) in [7, 11) is 0. The van der Waals surface area contributed by atoms with Gasteiger partial charge in [-0.25, -0.2) is 4.79 Å². The number of amides is 1. The monoisotopic (exact) mass is 331 g/mol. The van der Waals surface area contributed by atoms with Crippen molar-refractivity contribution in [3.63, 3.8) is 0 Å². The van der Waals surface area contributed by atoms with Crippen LogP contribution in [0.15, 0.2) is 28.9 Å². The molecule has 1 aliphatic carbocycles. The van der Waals surface area contributed by atoms with Crippen molar-refractivity contribution in [2.75, 3.05) is 5.32 Å². The minimum Gasteiger partial charge on any atom is -0.478 e. The molecule has 0 saturated heterocycles. The Hall–Kier alpha value is -2.34. The average molecular weight is 331 g/mol. The maximum atomic E-state index is 12.0. The molecule has 23 heavy (non-hydrogen) atoms. The van der Waals surface area contributed by atoms with Crippen LogP contribution in [0.5, 0.6) is 0 Å². The van der Waals surface area contributed by atoms with Gasteiger partial charge in [-0.15, -0.1) is 11.3 Å². The van der Waals surface area contributed by atoms with Gasteiger partial charge in [-0.3, -0.25) is 4.79 Å². The molecule has 2 N–H and O–H groups in total. The van der Waals surface area contributed by atoms with Crippen LogP contribution in [0.2, 0.25) is 0 Å². The first-order chi connectivity index (χ1) is 11.1. The standard InChI is InChI=1S/C17H17NO4S/c19-14(9-8-11-5-4-10-22-11)18-16-15(17(20)21)12-6-2-1-3-7-13(12)23-16/h4-5,8-10H,1-3,6-7H2,(H,18,19)(H,20,21). The number of carboxylic acid groups (broad SMARTS) is 1. The molecule has 0 aliphatic heterocycles. The summed E-state index contributed by atoms with van der Waals surface area (Å²) < 4.78 is 5.12. The summed E-state index contributed by atoms with van der Waals surface area (Å²) >= 11 is 1.39. The molecule has 2 heterocycles. The fourth-order valence-corrected chi connectivity index (χ4v) is 4.04. The van der Waals surface area contributed by atoms with Crippen LogP contribution in [-0.2, 0) is 17.6 Å². The Balaban J connectivity index is 1.82. The molecular weight excluding hydrogens is 314 g/mol. The average Bonchev–Trinajstić information content (AvgIpc) is 3.08. The van der Waals surface area contributed by atoms with Crippen LogP contribution in [0, 0.1) is 0 Å². The van der Waals surface area contributed by atoms with Crippen molar-refractivity contribution < 1.29 is 19.1 Å². The van der Waals surface area contributed by atoms with Gasteiger partial charge in [0.2, 0.25) is 5.91 Å². The molecule has 120 valence electrons. The van der Waals surface area contributed by atoms with Gasteiger partial charge in [0.15, 0.2) is 0 Å². The van der Waals surface area contributed by atoms with Gasteiger partial charge in [-0.05, 0) is 49.5 Å². The van der Waals surface area contributed by atoms with Crippen molar-refractivity contribution >= 4 is 34.3 Å². The number of fused-ring (bicyclic) bond motifs is 1. The van der Waals surface area contributed by atoms with Crippen molar-refractivity contribution in [1.29, 1.82) is 0 Å². The number of carbonyl (C=O) groups is 2. The lowest BCUT2D eigenvalue weighted by atomic mass is 10.1. The number of hydrogen-bond donors (Lipinski definition) is 2. The molecule has 0 fully saturated rings. The second kappa shape index (κ2) is 6.83. The highest BCUT2D eigenvalue weighted by molar-refractivity contribution is 7.17. The molecule has 6 heteroatoms. The number of carboxylic acids is 1. The number of anilines is 1. The second-order valence-corrected chi connectivity index (χ2v) is 6.52. The molecule has 0 atom stereocenters. The molecule has 0 spiro atoms. The number of rotatable bonds is 4. The van der Waals surface area contributed by atoms with Crippen molar-refractivity contribution in [2.45, 2.75) is 32.1 Å². The maximum Gasteiger partial charge on any atom is 0.339 e. The summed E-state index contributed by atoms with van der Waals surface area (Å²) in [6.07, 6.45) is 9.26. The van der Waals surface area contributed by atoms with E-state index in [1.165, 1.54) is 23.7 Å². The largest absolute Gasteiger partial charge is 0.478 e. The van der Waals surface area contributed by atoms with E-state index in [1.54, 1.807) is 18.2 Å². The Morgan fingerprint density at radius 2 is 2.09 bits per heavy atom. The van der Waals surface area contributed by atoms with E-state index >= 15 is 0 Å². The summed E-state index contributed by atoms with van der Waals surface area (Å²) in [5.74, 6) is -0.768. The van der Waals surface area contributed by atoms with E-state index in [0.717, 1.165) is 42.5 Å². The third-order valence-corrected chi connectivity index (χ3v) is 5.02. The highest BCUT2D eigenvalue weighted by Gasteiger charge is 2.24. The highest BCUT2D eigenvalue weighted by atomic mass is 32.1. The highest BCUT2D eigenvalue weighted by Crippen LogP contribution is 2.37. The SMILES string of the molecule is O=C(C=Cc1ccco1)Nc1sc2c(c1C(=O)O)CCCCC2. The van der Waals surface area contributed by atoms with Crippen LogP contribution in [0.3, 0.4) is 0 Å². The Kier molecular flexibility index (Phi) is 4.62. The third kappa shape index (κ3) is 3.53. The first-order valence-corrected chi connectivity index (χ1v) is 8.37. The fraction of sp³-hybridized carbons (Fsp3) is 0.294. The third-order valence-electron chi connectivity index (χ3n) is 3.81. The molecule has 1 amide bonds. The molecule has 0 saturated carbocycles. The molecule has 5 nitrogen and oxygen atoms in total. The summed E-state index contributed by atoms with van der Waals surface area (Å²) in [4.78, 5) is 24.7. The second-order valence-electron chi connectivity index (χ2n) is 5.41. The molecule has 0 radical (unpaired) electrons. The number of thiophene rings is 1. The van der Waals surface area contributed by atoms with Crippen molar-refractivity contribution in [3.05, 3.63) is 46.2 Å². The smallest absolute Gasteiger partial charge is 0.339 e. The Morgan fingerprint density at radius 3 is 2.83 bits per heavy atom. The van der Waals surface area contributed by atoms with Gasteiger partial charge >= 0.3 is 5.97 Å². The zero-order chi connectivity index (χ0) is 16.2. The normalized spacial score (nSPS) is 14.4. The Morgan fingerprint density at radius 1 is 1.26 bits per heavy atom. The van der Waals surface area contributed by atoms with E-state index in [1.807, 2.05) is 0 Å². The van der Waals surface area contributed by atoms with Gasteiger partial charge in [-0.1, -0.05) is 6.42 Å². The van der Waals surface area contributed by atoms with Crippen LogP contribution in [0.4, 0.5) is 5.00 Å². The molecule has 2 aromatic heterocycles. The lowest BCUT2D eigenvalue weighted by Crippen LogP contribution is -2.11. The van der Waals surface area contributed by atoms with Crippen molar-refractivity contribution in [3.8, 4) is 0 Å². The topological polar surface area (TPSA) is 79.5 Å². The number of aryl methyl sites for hydroxylation is 1. The maximum absolute atomic E-state index is 12.0. The van der Waals surface area contributed by atoms with Crippen LogP contribution < -0.4 is 5.32 Å². The van der Waals surface area contributed by atoms with Gasteiger partial charge in [0.1, 0.15) is 10.8 Å². The van der Waals surface area contributed by atoms with E-state index in [0.29, 0.717) is 10.8 Å². The molecule has 2 aromatic rings. The van der Waals surface area contributed by atoms with Gasteiger partial charge in [0, 0.05) is 11.0 Å². The van der Waals surface area contributed by atoms with E-state index in [9.17, 15) is 14.7 Å². The van der Waals surface area contributed by atoms with Gasteiger partial charge in [0.05, 0.1) is 11.8 Å². The van der Waals surface area contributed by atoms with E-state index in [-0.39, 0.29) is 11.5 Å². The summed E-state index contributed by atoms with van der Waals surface area (Å²) in [5.41, 5.74) is 1.15. The van der Waals surface area contributed by atoms with Crippen LogP contribution >= 0.6 is 11.3 Å². The molecular formula is C17H17NO4S. The van der Waals surface area contributed by atoms with Crippen molar-refractivity contribution in [1.82, 2.24) is 0 Å². The number of aromatic carboxylic acids is 1. The predicted octanol–water partition coefficient (Wildman–Crippen LogP) is 3.96. The number of nitrogens with one attached hydrogen (secondary N) is 1. The minimum atomic E-state index is -0.977. The zero-order valence-electron chi connectivity index (χ0n) is 12.5. The molecule has 1 aliphatic rings. The number of furan rings is 1. The van der Waals surface area contributed by atoms with E-state index in [2.05, 4.69) is 5.32 Å². The van der Waals surface area contributed by atoms with Gasteiger partial charge < -0.3 is 14.8 Å². The quantitative estimate of drug-likeness (QED) is 0.656. The first-order valence-electron chi connectivity index (χ1n) is 7.55. The molecule has 0 unspecified atom stereocenters. The number of carbonyl (C=O) groups excluding carboxylic acids is 1. The van der Waals surface area contributed by atoms with Gasteiger partial charge in [0.25, 0.3) is 0 Å². The fourth-order valence-electron chi connectivity index (χ4n) is 2.75. The zero-order valence-corrected chi connectivity index (χ0v) is 13.3. The molecule has 0 aromatic carbocycles. The number of hydrogen-bond acceptors (Lipinski definition) is 4. The Labute approximate surface area is 137 Å². The molecule has 3 rings (SSSR count). The first kappa shape index (κ1) is 15.6. The van der Waals surface area contributed by atoms with Crippen molar-refractivity contribution in [2.24, 2.45) is 0 Å². The van der Waals surface area contributed by atoms with Gasteiger partial charge in [-0.2, -0.15) is 0 Å². The van der Waals surface area contributed by atoms with Crippen LogP contribution in [-0.4, -0.2) is 17.0 Å². The lowest BCUT2D eigenvalue weighted by molar-refractivity contribution is -0.111. The van der Waals surface area contributed by atoms with E-state index in [4.69, 9.17) is 4.42 Å². The molecule has 0 bridgehead atoms. The summed E-state index contributed by atoms with van der Waals surface area (Å²) in [5, 5.41) is 12.6. The minimum absolute atomic E-state index is 0.256. The summed E-state index contributed by atoms with van der Waals surface area (Å²) in [6.45, 7) is 0. The van der Waals surface area contributed by atoms with E-state index < -0.39 is 5.97 Å². The van der Waals surface area contributed by atoms with Crippen LogP contribution in [0.25, 0.3) is 6.08 Å². The van der Waals surface area contributed by atoms with Crippen LogP contribution in [0.1, 0.15) is 45.8 Å².